The van der Waals surface area contributed by atoms with Crippen molar-refractivity contribution in [1.29, 1.82) is 0 Å². The van der Waals surface area contributed by atoms with Crippen LogP contribution in [-0.4, -0.2) is 45.5 Å². The number of amides is 1. The molecule has 1 aliphatic carbocycles. The molecule has 0 saturated carbocycles. The number of anilines is 1. The average Bonchev–Trinajstić information content (AvgIpc) is 3.13. The SMILES string of the molecule is Cn1ncc(N2CCC(CNC(=O)c3n[nH]c4c3CCCC4)CC2)cc1=O. The normalized spacial score (nSPS) is 17.6. The van der Waals surface area contributed by atoms with Crippen LogP contribution in [0, 0.1) is 5.92 Å². The molecule has 2 aromatic rings. The summed E-state index contributed by atoms with van der Waals surface area (Å²) in [6.07, 6.45) is 7.93. The van der Waals surface area contributed by atoms with Crippen LogP contribution in [0.25, 0.3) is 0 Å². The minimum atomic E-state index is -0.0933. The molecule has 2 aromatic heterocycles. The maximum atomic E-state index is 12.5. The highest BCUT2D eigenvalue weighted by molar-refractivity contribution is 5.94. The van der Waals surface area contributed by atoms with Crippen molar-refractivity contribution in [2.75, 3.05) is 24.5 Å². The highest BCUT2D eigenvalue weighted by Crippen LogP contribution is 2.23. The van der Waals surface area contributed by atoms with Crippen LogP contribution in [0.4, 0.5) is 5.69 Å². The maximum Gasteiger partial charge on any atom is 0.272 e. The first kappa shape index (κ1) is 17.8. The lowest BCUT2D eigenvalue weighted by molar-refractivity contribution is 0.0939. The van der Waals surface area contributed by atoms with Crippen molar-refractivity contribution < 1.29 is 4.79 Å². The van der Waals surface area contributed by atoms with E-state index in [9.17, 15) is 9.59 Å². The number of rotatable bonds is 4. The van der Waals surface area contributed by atoms with E-state index < -0.39 is 0 Å². The summed E-state index contributed by atoms with van der Waals surface area (Å²) in [5.41, 5.74) is 3.59. The van der Waals surface area contributed by atoms with Gasteiger partial charge in [-0.15, -0.1) is 0 Å². The lowest BCUT2D eigenvalue weighted by atomic mass is 9.95. The second-order valence-corrected chi connectivity index (χ2v) is 7.55. The van der Waals surface area contributed by atoms with E-state index in [1.165, 1.54) is 4.68 Å². The maximum absolute atomic E-state index is 12.5. The van der Waals surface area contributed by atoms with E-state index in [1.807, 2.05) is 0 Å². The third kappa shape index (κ3) is 3.74. The van der Waals surface area contributed by atoms with Crippen LogP contribution in [0.5, 0.6) is 0 Å². The van der Waals surface area contributed by atoms with Gasteiger partial charge in [0.25, 0.3) is 11.5 Å². The molecule has 1 saturated heterocycles. The van der Waals surface area contributed by atoms with E-state index in [4.69, 9.17) is 0 Å². The van der Waals surface area contributed by atoms with Gasteiger partial charge in [0.2, 0.25) is 0 Å². The molecule has 0 bridgehead atoms. The second-order valence-electron chi connectivity index (χ2n) is 7.55. The van der Waals surface area contributed by atoms with Gasteiger partial charge in [0.15, 0.2) is 5.69 Å². The molecule has 0 atom stereocenters. The largest absolute Gasteiger partial charge is 0.370 e. The molecule has 0 unspecified atom stereocenters. The molecule has 144 valence electrons. The van der Waals surface area contributed by atoms with Crippen LogP contribution in [0.15, 0.2) is 17.1 Å². The smallest absolute Gasteiger partial charge is 0.272 e. The Morgan fingerprint density at radius 3 is 2.85 bits per heavy atom. The van der Waals surface area contributed by atoms with Crippen molar-refractivity contribution in [3.63, 3.8) is 0 Å². The van der Waals surface area contributed by atoms with Gasteiger partial charge in [0.05, 0.1) is 11.9 Å². The predicted molar refractivity (Wildman–Crippen MR) is 102 cm³/mol. The molecule has 1 amide bonds. The minimum Gasteiger partial charge on any atom is -0.370 e. The van der Waals surface area contributed by atoms with Gasteiger partial charge in [0, 0.05) is 44.0 Å². The first-order valence-electron chi connectivity index (χ1n) is 9.74. The third-order valence-electron chi connectivity index (χ3n) is 5.76. The first-order chi connectivity index (χ1) is 13.1. The zero-order valence-corrected chi connectivity index (χ0v) is 15.7. The number of carbonyl (C=O) groups excluding carboxylic acids is 1. The van der Waals surface area contributed by atoms with Crippen molar-refractivity contribution in [3.05, 3.63) is 39.6 Å². The number of carbonyl (C=O) groups is 1. The fourth-order valence-electron chi connectivity index (χ4n) is 4.02. The lowest BCUT2D eigenvalue weighted by Gasteiger charge is -2.33. The number of aromatic nitrogens is 4. The Kier molecular flexibility index (Phi) is 4.96. The average molecular weight is 370 g/mol. The van der Waals surface area contributed by atoms with Gasteiger partial charge in [-0.25, -0.2) is 4.68 Å². The van der Waals surface area contributed by atoms with E-state index in [0.717, 1.165) is 68.6 Å². The van der Waals surface area contributed by atoms with Crippen LogP contribution in [-0.2, 0) is 19.9 Å². The summed E-state index contributed by atoms with van der Waals surface area (Å²) in [6, 6.07) is 1.63. The summed E-state index contributed by atoms with van der Waals surface area (Å²) in [7, 11) is 1.65. The van der Waals surface area contributed by atoms with Crippen LogP contribution in [0.1, 0.15) is 47.4 Å². The van der Waals surface area contributed by atoms with Crippen LogP contribution < -0.4 is 15.8 Å². The molecule has 2 N–H and O–H groups in total. The molecule has 1 aliphatic heterocycles. The van der Waals surface area contributed by atoms with Crippen LogP contribution in [0.2, 0.25) is 0 Å². The molecule has 4 rings (SSSR count). The molecular weight excluding hydrogens is 344 g/mol. The number of piperidine rings is 1. The number of nitrogens with one attached hydrogen (secondary N) is 2. The summed E-state index contributed by atoms with van der Waals surface area (Å²) >= 11 is 0. The second kappa shape index (κ2) is 7.54. The van der Waals surface area contributed by atoms with E-state index in [2.05, 4.69) is 25.5 Å². The summed E-state index contributed by atoms with van der Waals surface area (Å²) in [5, 5.41) is 14.4. The molecular formula is C19H26N6O2. The Morgan fingerprint density at radius 1 is 1.30 bits per heavy atom. The van der Waals surface area contributed by atoms with Gasteiger partial charge in [0.1, 0.15) is 0 Å². The summed E-state index contributed by atoms with van der Waals surface area (Å²) in [4.78, 5) is 26.5. The Balaban J connectivity index is 1.29. The van der Waals surface area contributed by atoms with E-state index in [1.54, 1.807) is 19.3 Å². The van der Waals surface area contributed by atoms with Gasteiger partial charge in [-0.05, 0) is 44.4 Å². The zero-order valence-electron chi connectivity index (χ0n) is 15.7. The summed E-state index contributed by atoms with van der Waals surface area (Å²) in [5.74, 6) is 0.382. The standard InChI is InChI=1S/C19H26N6O2/c1-24-17(26)10-14(12-21-24)25-8-6-13(7-9-25)11-20-19(27)18-15-4-2-3-5-16(15)22-23-18/h10,12-13H,2-9,11H2,1H3,(H,20,27)(H,22,23). The van der Waals surface area contributed by atoms with Crippen molar-refractivity contribution in [1.82, 2.24) is 25.3 Å². The minimum absolute atomic E-state index is 0.0624. The highest BCUT2D eigenvalue weighted by atomic mass is 16.2. The first-order valence-corrected chi connectivity index (χ1v) is 9.74. The van der Waals surface area contributed by atoms with Gasteiger partial charge >= 0.3 is 0 Å². The zero-order chi connectivity index (χ0) is 18.8. The van der Waals surface area contributed by atoms with Gasteiger partial charge in [-0.2, -0.15) is 10.2 Å². The quantitative estimate of drug-likeness (QED) is 0.838. The van der Waals surface area contributed by atoms with Crippen molar-refractivity contribution in [2.24, 2.45) is 13.0 Å². The summed E-state index contributed by atoms with van der Waals surface area (Å²) < 4.78 is 1.33. The molecule has 0 radical (unpaired) electrons. The number of aryl methyl sites for hydroxylation is 2. The Bertz CT molecular complexity index is 879. The monoisotopic (exact) mass is 370 g/mol. The molecule has 8 heteroatoms. The van der Waals surface area contributed by atoms with Gasteiger partial charge < -0.3 is 10.2 Å². The van der Waals surface area contributed by atoms with Gasteiger partial charge in [-0.3, -0.25) is 14.7 Å². The molecule has 0 aromatic carbocycles. The van der Waals surface area contributed by atoms with E-state index in [0.29, 0.717) is 18.2 Å². The molecule has 8 nitrogen and oxygen atoms in total. The van der Waals surface area contributed by atoms with Crippen molar-refractivity contribution in [3.8, 4) is 0 Å². The molecule has 0 spiro atoms. The Labute approximate surface area is 158 Å². The number of hydrogen-bond donors (Lipinski definition) is 2. The lowest BCUT2D eigenvalue weighted by Crippen LogP contribution is -2.39. The Morgan fingerprint density at radius 2 is 2.07 bits per heavy atom. The molecule has 2 aliphatic rings. The fourth-order valence-corrected chi connectivity index (χ4v) is 4.02. The fraction of sp³-hybridized carbons (Fsp3) is 0.579. The van der Waals surface area contributed by atoms with E-state index >= 15 is 0 Å². The molecule has 3 heterocycles. The third-order valence-corrected chi connectivity index (χ3v) is 5.76. The highest BCUT2D eigenvalue weighted by Gasteiger charge is 2.24. The van der Waals surface area contributed by atoms with Crippen LogP contribution >= 0.6 is 0 Å². The number of hydrogen-bond acceptors (Lipinski definition) is 5. The van der Waals surface area contributed by atoms with Crippen LogP contribution in [0.3, 0.4) is 0 Å². The molecule has 1 fully saturated rings. The van der Waals surface area contributed by atoms with E-state index in [-0.39, 0.29) is 11.5 Å². The Hall–Kier alpha value is -2.64. The number of aromatic amines is 1. The van der Waals surface area contributed by atoms with Crippen molar-refractivity contribution in [2.45, 2.75) is 38.5 Å². The number of fused-ring (bicyclic) bond motifs is 1. The molecule has 27 heavy (non-hydrogen) atoms. The predicted octanol–water partition coefficient (Wildman–Crippen LogP) is 1.03. The number of nitrogens with zero attached hydrogens (tertiary/aromatic N) is 4. The van der Waals surface area contributed by atoms with Gasteiger partial charge in [-0.1, -0.05) is 0 Å². The summed E-state index contributed by atoms with van der Waals surface area (Å²) in [6.45, 7) is 2.41. The topological polar surface area (TPSA) is 95.9 Å². The number of H-pyrrole nitrogens is 1. The van der Waals surface area contributed by atoms with Crippen molar-refractivity contribution >= 4 is 11.6 Å².